The van der Waals surface area contributed by atoms with E-state index >= 15 is 0 Å². The van der Waals surface area contributed by atoms with Gasteiger partial charge in [0.05, 0.1) is 17.1 Å². The predicted octanol–water partition coefficient (Wildman–Crippen LogP) is 2.88. The maximum Gasteiger partial charge on any atom is 0.171 e. The molecular weight excluding hydrogens is 240 g/mol. The van der Waals surface area contributed by atoms with Gasteiger partial charge in [-0.2, -0.15) is 0 Å². The molecule has 1 aromatic carbocycles. The molecule has 1 heterocycles. The fourth-order valence-electron chi connectivity index (χ4n) is 3.00. The van der Waals surface area contributed by atoms with E-state index in [4.69, 9.17) is 4.74 Å². The van der Waals surface area contributed by atoms with Crippen LogP contribution in [0.5, 0.6) is 0 Å². The Morgan fingerprint density at radius 1 is 1.26 bits per heavy atom. The van der Waals surface area contributed by atoms with Crippen LogP contribution in [-0.4, -0.2) is 22.1 Å². The van der Waals surface area contributed by atoms with Crippen LogP contribution in [0.1, 0.15) is 45.8 Å². The minimum Gasteiger partial charge on any atom is -0.381 e. The molecule has 0 spiro atoms. The van der Waals surface area contributed by atoms with Crippen LogP contribution < -0.4 is 0 Å². The summed E-state index contributed by atoms with van der Waals surface area (Å²) in [6.45, 7) is 7.80. The predicted molar refractivity (Wildman–Crippen MR) is 73.8 cm³/mol. The fourth-order valence-corrected chi connectivity index (χ4v) is 3.00. The van der Waals surface area contributed by atoms with E-state index in [0.29, 0.717) is 12.0 Å². The summed E-state index contributed by atoms with van der Waals surface area (Å²) < 4.78 is 5.92. The topological polar surface area (TPSA) is 46.5 Å². The van der Waals surface area contributed by atoms with E-state index in [1.165, 1.54) is 0 Å². The average molecular weight is 262 g/mol. The van der Waals surface area contributed by atoms with Crippen LogP contribution in [0.4, 0.5) is 0 Å². The second-order valence-corrected chi connectivity index (χ2v) is 6.44. The van der Waals surface area contributed by atoms with E-state index < -0.39 is 11.7 Å². The summed E-state index contributed by atoms with van der Waals surface area (Å²) >= 11 is 0. The minimum atomic E-state index is -1.07. The summed E-state index contributed by atoms with van der Waals surface area (Å²) in [6.07, 6.45) is -0.425. The standard InChI is InChI=1S/C16H22O3/c1-15(2)10-12(16(3,4)19-15)14(18)13(17)11-8-6-5-7-9-11/h5-9,12-13,17H,10H2,1-4H3. The molecule has 1 aromatic rings. The lowest BCUT2D eigenvalue weighted by Crippen LogP contribution is -2.36. The molecule has 0 saturated carbocycles. The number of hydrogen-bond donors (Lipinski definition) is 1. The lowest BCUT2D eigenvalue weighted by Gasteiger charge is -2.27. The van der Waals surface area contributed by atoms with E-state index in [9.17, 15) is 9.90 Å². The van der Waals surface area contributed by atoms with Gasteiger partial charge < -0.3 is 9.84 Å². The SMILES string of the molecule is CC1(C)CC(C(=O)C(O)c2ccccc2)C(C)(C)O1. The van der Waals surface area contributed by atoms with Crippen molar-refractivity contribution in [2.75, 3.05) is 0 Å². The van der Waals surface area contributed by atoms with Gasteiger partial charge in [0.25, 0.3) is 0 Å². The molecule has 2 atom stereocenters. The molecule has 0 radical (unpaired) electrons. The molecule has 1 aliphatic heterocycles. The highest BCUT2D eigenvalue weighted by atomic mass is 16.5. The molecule has 1 N–H and O–H groups in total. The number of aliphatic hydroxyl groups excluding tert-OH is 1. The van der Waals surface area contributed by atoms with E-state index in [0.717, 1.165) is 0 Å². The quantitative estimate of drug-likeness (QED) is 0.911. The van der Waals surface area contributed by atoms with Crippen LogP contribution in [0.25, 0.3) is 0 Å². The van der Waals surface area contributed by atoms with Crippen molar-refractivity contribution >= 4 is 5.78 Å². The largest absolute Gasteiger partial charge is 0.381 e. The van der Waals surface area contributed by atoms with Crippen LogP contribution in [-0.2, 0) is 9.53 Å². The van der Waals surface area contributed by atoms with Gasteiger partial charge >= 0.3 is 0 Å². The van der Waals surface area contributed by atoms with Gasteiger partial charge in [-0.15, -0.1) is 0 Å². The van der Waals surface area contributed by atoms with Gasteiger partial charge in [-0.25, -0.2) is 0 Å². The number of carbonyl (C=O) groups is 1. The second-order valence-electron chi connectivity index (χ2n) is 6.44. The van der Waals surface area contributed by atoms with Gasteiger partial charge in [-0.3, -0.25) is 4.79 Å². The smallest absolute Gasteiger partial charge is 0.171 e. The van der Waals surface area contributed by atoms with E-state index in [1.807, 2.05) is 45.9 Å². The third kappa shape index (κ3) is 2.88. The highest BCUT2D eigenvalue weighted by Gasteiger charge is 2.50. The van der Waals surface area contributed by atoms with E-state index in [2.05, 4.69) is 0 Å². The maximum absolute atomic E-state index is 12.5. The first kappa shape index (κ1) is 14.2. The van der Waals surface area contributed by atoms with Gasteiger partial charge in [0, 0.05) is 0 Å². The van der Waals surface area contributed by atoms with Gasteiger partial charge in [0.2, 0.25) is 0 Å². The zero-order chi connectivity index (χ0) is 14.3. The average Bonchev–Trinajstić information content (AvgIpc) is 2.56. The Morgan fingerprint density at radius 3 is 2.32 bits per heavy atom. The summed E-state index contributed by atoms with van der Waals surface area (Å²) in [6, 6.07) is 9.07. The number of Topliss-reactive ketones (excluding diaryl/α,β-unsaturated/α-hetero) is 1. The number of carbonyl (C=O) groups excluding carboxylic acids is 1. The molecule has 1 aliphatic rings. The summed E-state index contributed by atoms with van der Waals surface area (Å²) in [4.78, 5) is 12.5. The molecule has 1 fully saturated rings. The maximum atomic E-state index is 12.5. The van der Waals surface area contributed by atoms with Crippen molar-refractivity contribution < 1.29 is 14.6 Å². The van der Waals surface area contributed by atoms with Gasteiger partial charge in [0.15, 0.2) is 5.78 Å². The number of benzene rings is 1. The Morgan fingerprint density at radius 2 is 1.84 bits per heavy atom. The van der Waals surface area contributed by atoms with E-state index in [1.54, 1.807) is 12.1 Å². The highest BCUT2D eigenvalue weighted by molar-refractivity contribution is 5.87. The van der Waals surface area contributed by atoms with Crippen molar-refractivity contribution in [3.05, 3.63) is 35.9 Å². The van der Waals surface area contributed by atoms with Crippen molar-refractivity contribution in [1.82, 2.24) is 0 Å². The zero-order valence-electron chi connectivity index (χ0n) is 12.0. The molecule has 0 aliphatic carbocycles. The normalized spacial score (nSPS) is 26.1. The molecule has 104 valence electrons. The monoisotopic (exact) mass is 262 g/mol. The Balaban J connectivity index is 2.21. The van der Waals surface area contributed by atoms with Crippen LogP contribution in [0, 0.1) is 5.92 Å². The number of hydrogen-bond acceptors (Lipinski definition) is 3. The molecule has 0 bridgehead atoms. The second kappa shape index (κ2) is 4.73. The summed E-state index contributed by atoms with van der Waals surface area (Å²) in [5.74, 6) is -0.431. The molecule has 3 heteroatoms. The van der Waals surface area contributed by atoms with Gasteiger partial charge in [0.1, 0.15) is 6.10 Å². The fraction of sp³-hybridized carbons (Fsp3) is 0.562. The van der Waals surface area contributed by atoms with Crippen molar-refractivity contribution in [3.8, 4) is 0 Å². The number of ether oxygens (including phenoxy) is 1. The molecule has 2 rings (SSSR count). The molecule has 1 saturated heterocycles. The minimum absolute atomic E-state index is 0.151. The Hall–Kier alpha value is -1.19. The van der Waals surface area contributed by atoms with Crippen LogP contribution >= 0.6 is 0 Å². The molecule has 0 aromatic heterocycles. The van der Waals surface area contributed by atoms with E-state index in [-0.39, 0.29) is 17.3 Å². The molecule has 2 unspecified atom stereocenters. The molecular formula is C16H22O3. The Bertz CT molecular complexity index is 462. The van der Waals surface area contributed by atoms with Crippen molar-refractivity contribution in [1.29, 1.82) is 0 Å². The van der Waals surface area contributed by atoms with Crippen LogP contribution in [0.2, 0.25) is 0 Å². The lowest BCUT2D eigenvalue weighted by atomic mass is 9.81. The number of rotatable bonds is 3. The highest BCUT2D eigenvalue weighted by Crippen LogP contribution is 2.44. The summed E-state index contributed by atoms with van der Waals surface area (Å²) in [5, 5.41) is 10.2. The number of ketones is 1. The Labute approximate surface area is 114 Å². The first-order valence-electron chi connectivity index (χ1n) is 6.70. The van der Waals surface area contributed by atoms with Crippen LogP contribution in [0.15, 0.2) is 30.3 Å². The van der Waals surface area contributed by atoms with Crippen molar-refractivity contribution in [3.63, 3.8) is 0 Å². The Kier molecular flexibility index (Phi) is 3.54. The number of aliphatic hydroxyl groups is 1. The first-order valence-corrected chi connectivity index (χ1v) is 6.70. The lowest BCUT2D eigenvalue weighted by molar-refractivity contribution is -0.137. The summed E-state index contributed by atoms with van der Waals surface area (Å²) in [5.41, 5.74) is -0.204. The molecule has 19 heavy (non-hydrogen) atoms. The van der Waals surface area contributed by atoms with Crippen molar-refractivity contribution in [2.24, 2.45) is 5.92 Å². The van der Waals surface area contributed by atoms with Crippen LogP contribution in [0.3, 0.4) is 0 Å². The third-order valence-electron chi connectivity index (χ3n) is 3.80. The van der Waals surface area contributed by atoms with Gasteiger partial charge in [-0.1, -0.05) is 30.3 Å². The van der Waals surface area contributed by atoms with Gasteiger partial charge in [-0.05, 0) is 39.7 Å². The first-order chi connectivity index (χ1) is 8.73. The summed E-state index contributed by atoms with van der Waals surface area (Å²) in [7, 11) is 0. The van der Waals surface area contributed by atoms with Crippen molar-refractivity contribution in [2.45, 2.75) is 51.4 Å². The third-order valence-corrected chi connectivity index (χ3v) is 3.80. The molecule has 0 amide bonds. The molecule has 3 nitrogen and oxygen atoms in total. The zero-order valence-corrected chi connectivity index (χ0v) is 12.0.